The minimum atomic E-state index is -1.03. The molecule has 1 aromatic rings. The van der Waals surface area contributed by atoms with Gasteiger partial charge in [-0.05, 0) is 40.0 Å². The number of nitrogens with zero attached hydrogens (tertiary/aromatic N) is 1. The predicted molar refractivity (Wildman–Crippen MR) is 104 cm³/mol. The number of carbonyl (C=O) groups excluding carboxylic acids is 4. The van der Waals surface area contributed by atoms with Gasteiger partial charge in [0.2, 0.25) is 5.91 Å². The molecule has 0 aromatic heterocycles. The molecule has 0 aliphatic heterocycles. The van der Waals surface area contributed by atoms with Crippen molar-refractivity contribution >= 4 is 35.1 Å². The molecule has 0 heterocycles. The lowest BCUT2D eigenvalue weighted by molar-refractivity contribution is -0.162. The van der Waals surface area contributed by atoms with Crippen molar-refractivity contribution in [2.75, 3.05) is 30.9 Å². The summed E-state index contributed by atoms with van der Waals surface area (Å²) in [7, 11) is 3.10. The minimum absolute atomic E-state index is 0.0262. The molecule has 154 valence electrons. The Morgan fingerprint density at radius 3 is 2.32 bits per heavy atom. The first-order valence-electron chi connectivity index (χ1n) is 8.72. The van der Waals surface area contributed by atoms with E-state index in [-0.39, 0.29) is 23.8 Å². The highest BCUT2D eigenvalue weighted by molar-refractivity contribution is 6.38. The van der Waals surface area contributed by atoms with Crippen LogP contribution in [0, 0.1) is 0 Å². The molecule has 0 aliphatic carbocycles. The van der Waals surface area contributed by atoms with Crippen LogP contribution in [-0.4, -0.2) is 50.0 Å². The topological polar surface area (TPSA) is 114 Å². The van der Waals surface area contributed by atoms with Gasteiger partial charge in [0.25, 0.3) is 0 Å². The lowest BCUT2D eigenvalue weighted by atomic mass is 10.2. The molecule has 9 heteroatoms. The molecule has 0 saturated heterocycles. The average molecular weight is 393 g/mol. The van der Waals surface area contributed by atoms with E-state index in [4.69, 9.17) is 9.47 Å². The third-order valence-corrected chi connectivity index (χ3v) is 3.34. The summed E-state index contributed by atoms with van der Waals surface area (Å²) in [5.74, 6) is -2.77. The lowest BCUT2D eigenvalue weighted by Crippen LogP contribution is -2.38. The number of hydrogen-bond acceptors (Lipinski definition) is 7. The van der Waals surface area contributed by atoms with E-state index in [9.17, 15) is 19.2 Å². The second-order valence-electron chi connectivity index (χ2n) is 7.04. The van der Waals surface area contributed by atoms with E-state index >= 15 is 0 Å². The van der Waals surface area contributed by atoms with Crippen molar-refractivity contribution in [3.63, 3.8) is 0 Å². The maximum absolute atomic E-state index is 12.4. The summed E-state index contributed by atoms with van der Waals surface area (Å²) in [6.45, 7) is 6.65. The van der Waals surface area contributed by atoms with Gasteiger partial charge in [-0.2, -0.15) is 0 Å². The van der Waals surface area contributed by atoms with Crippen molar-refractivity contribution < 1.29 is 28.7 Å². The van der Waals surface area contributed by atoms with Gasteiger partial charge in [-0.25, -0.2) is 4.79 Å². The van der Waals surface area contributed by atoms with Crippen molar-refractivity contribution in [3.05, 3.63) is 18.2 Å². The number of rotatable bonds is 6. The van der Waals surface area contributed by atoms with Crippen LogP contribution in [0.1, 0.15) is 34.1 Å². The van der Waals surface area contributed by atoms with E-state index in [1.54, 1.807) is 33.9 Å². The number of hydrogen-bond donors (Lipinski definition) is 2. The molecule has 0 bridgehead atoms. The number of benzene rings is 1. The lowest BCUT2D eigenvalue weighted by Gasteiger charge is -2.23. The molecule has 1 aromatic carbocycles. The molecular formula is C19H27N3O6. The summed E-state index contributed by atoms with van der Waals surface area (Å²) in [5.41, 5.74) is -0.258. The van der Waals surface area contributed by atoms with Crippen molar-refractivity contribution in [3.8, 4) is 5.75 Å². The first kappa shape index (κ1) is 23.1. The molecule has 9 nitrogen and oxygen atoms in total. The monoisotopic (exact) mass is 393 g/mol. The Kier molecular flexibility index (Phi) is 8.12. The van der Waals surface area contributed by atoms with Crippen LogP contribution >= 0.6 is 0 Å². The third-order valence-electron chi connectivity index (χ3n) is 3.34. The fourth-order valence-electron chi connectivity index (χ4n) is 2.14. The van der Waals surface area contributed by atoms with Gasteiger partial charge in [0.1, 0.15) is 5.60 Å². The van der Waals surface area contributed by atoms with Crippen LogP contribution in [0.5, 0.6) is 5.75 Å². The summed E-state index contributed by atoms with van der Waals surface area (Å²) in [5, 5.41) is 5.54. The van der Waals surface area contributed by atoms with E-state index in [0.717, 1.165) is 4.90 Å². The Morgan fingerprint density at radius 2 is 1.79 bits per heavy atom. The average Bonchev–Trinajstić information content (AvgIpc) is 2.57. The molecule has 0 saturated carbocycles. The molecule has 0 fully saturated rings. The van der Waals surface area contributed by atoms with Crippen molar-refractivity contribution in [2.24, 2.45) is 0 Å². The van der Waals surface area contributed by atoms with Gasteiger partial charge >= 0.3 is 17.8 Å². The Morgan fingerprint density at radius 1 is 1.14 bits per heavy atom. The molecule has 28 heavy (non-hydrogen) atoms. The highest BCUT2D eigenvalue weighted by atomic mass is 16.6. The standard InChI is InChI=1S/C19H27N3O6/c1-12(23)27-15-11-13(21-16(24)9-10-20-5)7-8-14(15)22(6)17(25)18(26)28-19(2,3)4/h7-8,11,20H,9-10H2,1-6H3,(H,21,24). The molecule has 0 unspecified atom stereocenters. The predicted octanol–water partition coefficient (Wildman–Crippen LogP) is 1.46. The van der Waals surface area contributed by atoms with Gasteiger partial charge in [-0.1, -0.05) is 0 Å². The van der Waals surface area contributed by atoms with Gasteiger partial charge in [-0.3, -0.25) is 14.4 Å². The smallest absolute Gasteiger partial charge is 0.397 e. The summed E-state index contributed by atoms with van der Waals surface area (Å²) < 4.78 is 10.2. The highest BCUT2D eigenvalue weighted by Gasteiger charge is 2.28. The summed E-state index contributed by atoms with van der Waals surface area (Å²) in [6.07, 6.45) is 0.262. The van der Waals surface area contributed by atoms with E-state index in [2.05, 4.69) is 10.6 Å². The van der Waals surface area contributed by atoms with Gasteiger partial charge in [-0.15, -0.1) is 0 Å². The number of ether oxygens (including phenoxy) is 2. The number of carbonyl (C=O) groups is 4. The Labute approximate surface area is 164 Å². The van der Waals surface area contributed by atoms with Gasteiger partial charge < -0.3 is 25.0 Å². The van der Waals surface area contributed by atoms with Crippen LogP contribution in [0.15, 0.2) is 18.2 Å². The van der Waals surface area contributed by atoms with Crippen LogP contribution in [0.25, 0.3) is 0 Å². The second-order valence-corrected chi connectivity index (χ2v) is 7.04. The molecule has 0 radical (unpaired) electrons. The van der Waals surface area contributed by atoms with E-state index < -0.39 is 23.4 Å². The van der Waals surface area contributed by atoms with Crippen LogP contribution in [-0.2, 0) is 23.9 Å². The Balaban J connectivity index is 3.09. The molecule has 0 aliphatic rings. The number of likely N-dealkylation sites (N-methyl/N-ethyl adjacent to an activating group) is 1. The summed E-state index contributed by atoms with van der Waals surface area (Å²) in [6, 6.07) is 4.42. The number of nitrogens with one attached hydrogen (secondary N) is 2. The fourth-order valence-corrected chi connectivity index (χ4v) is 2.14. The van der Waals surface area contributed by atoms with Gasteiger partial charge in [0.05, 0.1) is 5.69 Å². The first-order chi connectivity index (χ1) is 12.9. The Bertz CT molecular complexity index is 755. The van der Waals surface area contributed by atoms with Crippen LogP contribution in [0.2, 0.25) is 0 Å². The maximum Gasteiger partial charge on any atom is 0.397 e. The quantitative estimate of drug-likeness (QED) is 0.427. The molecule has 0 spiro atoms. The summed E-state index contributed by atoms with van der Waals surface area (Å²) in [4.78, 5) is 48.7. The number of esters is 2. The van der Waals surface area contributed by atoms with Crippen molar-refractivity contribution in [1.82, 2.24) is 5.32 Å². The maximum atomic E-state index is 12.4. The zero-order chi connectivity index (χ0) is 21.5. The summed E-state index contributed by atoms with van der Waals surface area (Å²) >= 11 is 0. The third kappa shape index (κ3) is 7.36. The van der Waals surface area contributed by atoms with E-state index in [1.807, 2.05) is 0 Å². The SMILES string of the molecule is CNCCC(=O)Nc1ccc(N(C)C(=O)C(=O)OC(C)(C)C)c(OC(C)=O)c1. The zero-order valence-electron chi connectivity index (χ0n) is 17.0. The van der Waals surface area contributed by atoms with Crippen LogP contribution in [0.4, 0.5) is 11.4 Å². The van der Waals surface area contributed by atoms with E-state index in [0.29, 0.717) is 12.2 Å². The van der Waals surface area contributed by atoms with Gasteiger partial charge in [0.15, 0.2) is 5.75 Å². The molecular weight excluding hydrogens is 366 g/mol. The second kappa shape index (κ2) is 9.84. The number of anilines is 2. The molecule has 1 rings (SSSR count). The minimum Gasteiger partial charge on any atom is -0.453 e. The molecule has 2 N–H and O–H groups in total. The Hall–Kier alpha value is -2.94. The van der Waals surface area contributed by atoms with Crippen LogP contribution in [0.3, 0.4) is 0 Å². The zero-order valence-corrected chi connectivity index (χ0v) is 17.0. The number of amides is 2. The largest absolute Gasteiger partial charge is 0.453 e. The first-order valence-corrected chi connectivity index (χ1v) is 8.72. The molecule has 0 atom stereocenters. The molecule has 2 amide bonds. The highest BCUT2D eigenvalue weighted by Crippen LogP contribution is 2.31. The van der Waals surface area contributed by atoms with Crippen LogP contribution < -0.4 is 20.3 Å². The fraction of sp³-hybridized carbons (Fsp3) is 0.474. The van der Waals surface area contributed by atoms with E-state index in [1.165, 1.54) is 26.1 Å². The van der Waals surface area contributed by atoms with Crippen molar-refractivity contribution in [1.29, 1.82) is 0 Å². The normalized spacial score (nSPS) is 10.8. The van der Waals surface area contributed by atoms with Gasteiger partial charge in [0, 0.05) is 38.7 Å². The van der Waals surface area contributed by atoms with Crippen molar-refractivity contribution in [2.45, 2.75) is 39.7 Å².